The molecule has 1 aromatic rings. The van der Waals surface area contributed by atoms with Gasteiger partial charge in [0.15, 0.2) is 0 Å². The summed E-state index contributed by atoms with van der Waals surface area (Å²) < 4.78 is 5.09. The molecule has 0 fully saturated rings. The summed E-state index contributed by atoms with van der Waals surface area (Å²) in [4.78, 5) is 11.4. The SMILES string of the molecule is COc1ccc(C(C)N=C(C)N(CCCCN)C(C)C)cn1. The molecule has 1 heterocycles. The monoisotopic (exact) mass is 306 g/mol. The second-order valence-electron chi connectivity index (χ2n) is 5.77. The first kappa shape index (κ1) is 18.4. The van der Waals surface area contributed by atoms with Crippen LogP contribution in [-0.4, -0.2) is 42.0 Å². The van der Waals surface area contributed by atoms with Crippen molar-refractivity contribution in [3.63, 3.8) is 0 Å². The number of ether oxygens (including phenoxy) is 1. The van der Waals surface area contributed by atoms with Crippen LogP contribution in [0.15, 0.2) is 23.3 Å². The smallest absolute Gasteiger partial charge is 0.212 e. The van der Waals surface area contributed by atoms with Crippen LogP contribution in [0.5, 0.6) is 5.88 Å². The number of rotatable bonds is 8. The molecule has 22 heavy (non-hydrogen) atoms. The molecular weight excluding hydrogens is 276 g/mol. The van der Waals surface area contributed by atoms with Gasteiger partial charge in [-0.3, -0.25) is 4.99 Å². The number of nitrogens with zero attached hydrogens (tertiary/aromatic N) is 3. The van der Waals surface area contributed by atoms with Gasteiger partial charge >= 0.3 is 0 Å². The van der Waals surface area contributed by atoms with Crippen molar-refractivity contribution in [2.24, 2.45) is 10.7 Å². The fourth-order valence-corrected chi connectivity index (χ4v) is 2.41. The molecule has 0 aromatic carbocycles. The molecule has 5 heteroatoms. The molecule has 0 aliphatic heterocycles. The number of hydrogen-bond acceptors (Lipinski definition) is 4. The number of hydrogen-bond donors (Lipinski definition) is 1. The summed E-state index contributed by atoms with van der Waals surface area (Å²) in [6.07, 6.45) is 3.98. The highest BCUT2D eigenvalue weighted by atomic mass is 16.5. The molecule has 124 valence electrons. The molecule has 0 radical (unpaired) electrons. The highest BCUT2D eigenvalue weighted by Gasteiger charge is 2.13. The molecular formula is C17H30N4O. The molecule has 1 atom stereocenters. The lowest BCUT2D eigenvalue weighted by Crippen LogP contribution is -2.36. The first-order chi connectivity index (χ1) is 10.5. The van der Waals surface area contributed by atoms with Gasteiger partial charge in [-0.25, -0.2) is 4.98 Å². The van der Waals surface area contributed by atoms with Crippen molar-refractivity contribution < 1.29 is 4.74 Å². The molecule has 1 rings (SSSR count). The zero-order valence-corrected chi connectivity index (χ0v) is 14.5. The summed E-state index contributed by atoms with van der Waals surface area (Å²) in [7, 11) is 1.62. The van der Waals surface area contributed by atoms with Crippen molar-refractivity contribution in [2.75, 3.05) is 20.2 Å². The summed E-state index contributed by atoms with van der Waals surface area (Å²) in [5.41, 5.74) is 6.67. The molecule has 0 aliphatic rings. The first-order valence-corrected chi connectivity index (χ1v) is 8.00. The van der Waals surface area contributed by atoms with Gasteiger partial charge in [0.1, 0.15) is 0 Å². The molecule has 0 saturated heterocycles. The topological polar surface area (TPSA) is 63.7 Å². The van der Waals surface area contributed by atoms with E-state index in [9.17, 15) is 0 Å². The summed E-state index contributed by atoms with van der Waals surface area (Å²) >= 11 is 0. The molecule has 0 saturated carbocycles. The quantitative estimate of drug-likeness (QED) is 0.455. The van der Waals surface area contributed by atoms with Crippen LogP contribution in [0.4, 0.5) is 0 Å². The van der Waals surface area contributed by atoms with E-state index in [1.165, 1.54) is 0 Å². The molecule has 0 amide bonds. The number of amidine groups is 1. The van der Waals surface area contributed by atoms with E-state index in [0.717, 1.165) is 37.3 Å². The van der Waals surface area contributed by atoms with Gasteiger partial charge in [-0.1, -0.05) is 0 Å². The fourth-order valence-electron chi connectivity index (χ4n) is 2.41. The third-order valence-corrected chi connectivity index (χ3v) is 3.72. The maximum atomic E-state index is 5.58. The zero-order valence-electron chi connectivity index (χ0n) is 14.5. The Labute approximate surface area is 134 Å². The maximum Gasteiger partial charge on any atom is 0.212 e. The van der Waals surface area contributed by atoms with Gasteiger partial charge < -0.3 is 15.4 Å². The Balaban J connectivity index is 2.77. The third kappa shape index (κ3) is 5.64. The molecule has 0 aliphatic carbocycles. The summed E-state index contributed by atoms with van der Waals surface area (Å²) in [5.74, 6) is 1.69. The normalized spacial score (nSPS) is 13.3. The van der Waals surface area contributed by atoms with Crippen molar-refractivity contribution in [1.82, 2.24) is 9.88 Å². The maximum absolute atomic E-state index is 5.58. The first-order valence-electron chi connectivity index (χ1n) is 8.00. The highest BCUT2D eigenvalue weighted by molar-refractivity contribution is 5.80. The Hall–Kier alpha value is -1.62. The van der Waals surface area contributed by atoms with Crippen LogP contribution in [-0.2, 0) is 0 Å². The summed E-state index contributed by atoms with van der Waals surface area (Å²) in [6, 6.07) is 4.40. The van der Waals surface area contributed by atoms with E-state index in [-0.39, 0.29) is 6.04 Å². The Morgan fingerprint density at radius 3 is 2.55 bits per heavy atom. The predicted octanol–water partition coefficient (Wildman–Crippen LogP) is 3.02. The van der Waals surface area contributed by atoms with E-state index < -0.39 is 0 Å². The van der Waals surface area contributed by atoms with Crippen LogP contribution in [0.25, 0.3) is 0 Å². The van der Waals surface area contributed by atoms with Crippen LogP contribution >= 0.6 is 0 Å². The second kappa shape index (κ2) is 9.41. The van der Waals surface area contributed by atoms with Gasteiger partial charge in [-0.15, -0.1) is 0 Å². The van der Waals surface area contributed by atoms with E-state index in [1.54, 1.807) is 7.11 Å². The van der Waals surface area contributed by atoms with Gasteiger partial charge in [0.05, 0.1) is 19.0 Å². The average molecular weight is 306 g/mol. The van der Waals surface area contributed by atoms with Crippen molar-refractivity contribution in [3.8, 4) is 5.88 Å². The van der Waals surface area contributed by atoms with Crippen LogP contribution < -0.4 is 10.5 Å². The Kier molecular flexibility index (Phi) is 7.88. The summed E-state index contributed by atoms with van der Waals surface area (Å²) in [5, 5.41) is 0. The van der Waals surface area contributed by atoms with E-state index >= 15 is 0 Å². The Morgan fingerprint density at radius 1 is 1.32 bits per heavy atom. The predicted molar refractivity (Wildman–Crippen MR) is 92.4 cm³/mol. The second-order valence-corrected chi connectivity index (χ2v) is 5.77. The highest BCUT2D eigenvalue weighted by Crippen LogP contribution is 2.19. The van der Waals surface area contributed by atoms with Gasteiger partial charge in [0.2, 0.25) is 5.88 Å². The van der Waals surface area contributed by atoms with E-state index in [1.807, 2.05) is 18.3 Å². The van der Waals surface area contributed by atoms with Gasteiger partial charge in [0, 0.05) is 24.8 Å². The number of methoxy groups -OCH3 is 1. The molecule has 2 N–H and O–H groups in total. The zero-order chi connectivity index (χ0) is 16.5. The number of pyridine rings is 1. The lowest BCUT2D eigenvalue weighted by Gasteiger charge is -2.29. The van der Waals surface area contributed by atoms with E-state index in [2.05, 4.69) is 37.6 Å². The van der Waals surface area contributed by atoms with Crippen molar-refractivity contribution in [2.45, 2.75) is 52.6 Å². The number of aromatic nitrogens is 1. The molecule has 0 bridgehead atoms. The standard InChI is InChI=1S/C17H30N4O/c1-13(2)21(11-7-6-10-18)15(4)20-14(3)16-8-9-17(22-5)19-12-16/h8-9,12-14H,6-7,10-11,18H2,1-5H3. The number of nitrogens with two attached hydrogens (primary N) is 1. The third-order valence-electron chi connectivity index (χ3n) is 3.72. The lowest BCUT2D eigenvalue weighted by atomic mass is 10.1. The largest absolute Gasteiger partial charge is 0.481 e. The molecule has 5 nitrogen and oxygen atoms in total. The minimum atomic E-state index is 0.0779. The van der Waals surface area contributed by atoms with Crippen LogP contribution in [0.2, 0.25) is 0 Å². The van der Waals surface area contributed by atoms with Crippen LogP contribution in [0.3, 0.4) is 0 Å². The fraction of sp³-hybridized carbons (Fsp3) is 0.647. The molecule has 0 spiro atoms. The Bertz CT molecular complexity index is 456. The van der Waals surface area contributed by atoms with Gasteiger partial charge in [-0.05, 0) is 58.7 Å². The van der Waals surface area contributed by atoms with Crippen molar-refractivity contribution in [1.29, 1.82) is 0 Å². The Morgan fingerprint density at radius 2 is 2.05 bits per heavy atom. The molecule has 1 unspecified atom stereocenters. The average Bonchev–Trinajstić information content (AvgIpc) is 2.51. The minimum Gasteiger partial charge on any atom is -0.481 e. The summed E-state index contributed by atoms with van der Waals surface area (Å²) in [6.45, 7) is 10.3. The van der Waals surface area contributed by atoms with Gasteiger partial charge in [-0.2, -0.15) is 0 Å². The van der Waals surface area contributed by atoms with E-state index in [0.29, 0.717) is 11.9 Å². The molecule has 1 aromatic heterocycles. The van der Waals surface area contributed by atoms with Crippen molar-refractivity contribution in [3.05, 3.63) is 23.9 Å². The lowest BCUT2D eigenvalue weighted by molar-refractivity contribution is 0.337. The van der Waals surface area contributed by atoms with Crippen molar-refractivity contribution >= 4 is 5.84 Å². The van der Waals surface area contributed by atoms with Crippen LogP contribution in [0, 0.1) is 0 Å². The minimum absolute atomic E-state index is 0.0779. The van der Waals surface area contributed by atoms with E-state index in [4.69, 9.17) is 15.5 Å². The van der Waals surface area contributed by atoms with Gasteiger partial charge in [0.25, 0.3) is 0 Å². The number of aliphatic imine (C=N–C) groups is 1. The number of unbranched alkanes of at least 4 members (excludes halogenated alkanes) is 1. The van der Waals surface area contributed by atoms with Crippen LogP contribution in [0.1, 0.15) is 52.1 Å².